The lowest BCUT2D eigenvalue weighted by Crippen LogP contribution is -2.36. The number of nitrogens with one attached hydrogen (secondary N) is 1. The number of hydrogen-bond acceptors (Lipinski definition) is 4. The minimum Gasteiger partial charge on any atom is -0.459 e. The number of furan rings is 1. The van der Waals surface area contributed by atoms with Crippen molar-refractivity contribution in [1.29, 1.82) is 0 Å². The average molecular weight is 429 g/mol. The maximum Gasteiger partial charge on any atom is 0.240 e. The topological polar surface area (TPSA) is 79.6 Å². The summed E-state index contributed by atoms with van der Waals surface area (Å²) in [5.41, 5.74) is 2.33. The summed E-state index contributed by atoms with van der Waals surface area (Å²) in [6, 6.07) is 14.7. The molecule has 1 aromatic heterocycles. The van der Waals surface area contributed by atoms with Crippen LogP contribution in [0.4, 0.5) is 0 Å². The fourth-order valence-electron chi connectivity index (χ4n) is 3.54. The lowest BCUT2D eigenvalue weighted by Gasteiger charge is -2.26. The summed E-state index contributed by atoms with van der Waals surface area (Å²) in [4.78, 5) is 14.7. The molecule has 30 heavy (non-hydrogen) atoms. The predicted molar refractivity (Wildman–Crippen MR) is 118 cm³/mol. The Labute approximate surface area is 177 Å². The van der Waals surface area contributed by atoms with Gasteiger partial charge in [-0.1, -0.05) is 30.3 Å². The van der Waals surface area contributed by atoms with Gasteiger partial charge in [0.2, 0.25) is 15.9 Å². The normalized spacial score (nSPS) is 12.8. The van der Waals surface area contributed by atoms with Gasteiger partial charge in [0.1, 0.15) is 11.3 Å². The first-order valence-electron chi connectivity index (χ1n) is 10.1. The molecule has 0 spiro atoms. The molecule has 3 rings (SSSR count). The number of carbonyl (C=O) groups is 1. The van der Waals surface area contributed by atoms with Crippen LogP contribution < -0.4 is 4.72 Å². The van der Waals surface area contributed by atoms with Crippen molar-refractivity contribution >= 4 is 26.9 Å². The van der Waals surface area contributed by atoms with Gasteiger partial charge in [0, 0.05) is 24.9 Å². The van der Waals surface area contributed by atoms with Crippen LogP contribution >= 0.6 is 0 Å². The summed E-state index contributed by atoms with van der Waals surface area (Å²) in [6.07, 6.45) is 0.0719. The monoisotopic (exact) mass is 428 g/mol. The van der Waals surface area contributed by atoms with Crippen LogP contribution in [0.1, 0.15) is 43.2 Å². The van der Waals surface area contributed by atoms with E-state index in [-0.39, 0.29) is 29.8 Å². The highest BCUT2D eigenvalue weighted by Gasteiger charge is 2.24. The van der Waals surface area contributed by atoms with Crippen molar-refractivity contribution in [2.45, 2.75) is 45.1 Å². The molecule has 0 saturated heterocycles. The zero-order valence-electron chi connectivity index (χ0n) is 17.8. The number of nitrogens with zero attached hydrogens (tertiary/aromatic N) is 1. The van der Waals surface area contributed by atoms with Gasteiger partial charge in [0.15, 0.2) is 0 Å². The fourth-order valence-corrected chi connectivity index (χ4v) is 4.90. The van der Waals surface area contributed by atoms with Crippen LogP contribution in [0.25, 0.3) is 11.0 Å². The zero-order valence-corrected chi connectivity index (χ0v) is 18.6. The van der Waals surface area contributed by atoms with Crippen molar-refractivity contribution in [3.8, 4) is 0 Å². The molecule has 3 aromatic rings. The van der Waals surface area contributed by atoms with Crippen molar-refractivity contribution < 1.29 is 17.6 Å². The van der Waals surface area contributed by atoms with Gasteiger partial charge in [-0.25, -0.2) is 13.1 Å². The first-order chi connectivity index (χ1) is 14.2. The van der Waals surface area contributed by atoms with E-state index in [4.69, 9.17) is 4.42 Å². The van der Waals surface area contributed by atoms with Crippen LogP contribution in [0.15, 0.2) is 57.8 Å². The van der Waals surface area contributed by atoms with Crippen molar-refractivity contribution in [3.63, 3.8) is 0 Å². The van der Waals surface area contributed by atoms with Gasteiger partial charge < -0.3 is 9.32 Å². The Bertz CT molecular complexity index is 1120. The molecule has 7 heteroatoms. The number of para-hydroxylation sites is 1. The van der Waals surface area contributed by atoms with Crippen LogP contribution in [0.3, 0.4) is 0 Å². The fraction of sp³-hybridized carbons (Fsp3) is 0.348. The van der Waals surface area contributed by atoms with Gasteiger partial charge in [0.05, 0.1) is 10.9 Å². The molecule has 1 amide bonds. The van der Waals surface area contributed by atoms with Crippen LogP contribution in [0.5, 0.6) is 0 Å². The minimum atomic E-state index is -3.67. The summed E-state index contributed by atoms with van der Waals surface area (Å²) in [7, 11) is -3.67. The van der Waals surface area contributed by atoms with E-state index in [2.05, 4.69) is 4.72 Å². The molecular formula is C23H28N2O4S. The Hall–Kier alpha value is -2.64. The molecule has 0 radical (unpaired) electrons. The predicted octanol–water partition coefficient (Wildman–Crippen LogP) is 4.33. The lowest BCUT2D eigenvalue weighted by atomic mass is 10.2. The number of hydrogen-bond donors (Lipinski definition) is 1. The average Bonchev–Trinajstić information content (AvgIpc) is 3.14. The van der Waals surface area contributed by atoms with Gasteiger partial charge in [-0.2, -0.15) is 0 Å². The molecule has 1 N–H and O–H groups in total. The maximum absolute atomic E-state index is 12.8. The first-order valence-corrected chi connectivity index (χ1v) is 11.6. The molecule has 0 aliphatic carbocycles. The molecule has 1 atom stereocenters. The number of aryl methyl sites for hydroxylation is 2. The van der Waals surface area contributed by atoms with Crippen LogP contribution in [-0.2, 0) is 14.8 Å². The smallest absolute Gasteiger partial charge is 0.240 e. The van der Waals surface area contributed by atoms with Crippen molar-refractivity contribution in [2.75, 3.05) is 13.1 Å². The Morgan fingerprint density at radius 2 is 1.87 bits per heavy atom. The van der Waals surface area contributed by atoms with Gasteiger partial charge in [-0.3, -0.25) is 4.79 Å². The molecule has 1 heterocycles. The first kappa shape index (κ1) is 22.1. The van der Waals surface area contributed by atoms with Gasteiger partial charge in [-0.05, 0) is 57.0 Å². The third-order valence-electron chi connectivity index (χ3n) is 5.25. The highest BCUT2D eigenvalue weighted by Crippen LogP contribution is 2.27. The van der Waals surface area contributed by atoms with Crippen LogP contribution in [0.2, 0.25) is 0 Å². The number of benzene rings is 2. The molecule has 0 aliphatic heterocycles. The third kappa shape index (κ3) is 4.74. The van der Waals surface area contributed by atoms with Crippen molar-refractivity contribution in [3.05, 3.63) is 65.4 Å². The maximum atomic E-state index is 12.8. The number of amides is 1. The highest BCUT2D eigenvalue weighted by molar-refractivity contribution is 7.89. The summed E-state index contributed by atoms with van der Waals surface area (Å²) in [6.45, 7) is 7.96. The number of sulfonamides is 1. The van der Waals surface area contributed by atoms with E-state index in [0.29, 0.717) is 17.9 Å². The quantitative estimate of drug-likeness (QED) is 0.579. The minimum absolute atomic E-state index is 0.0396. The Kier molecular flexibility index (Phi) is 6.63. The largest absolute Gasteiger partial charge is 0.459 e. The van der Waals surface area contributed by atoms with Crippen LogP contribution in [-0.4, -0.2) is 32.3 Å². The van der Waals surface area contributed by atoms with Gasteiger partial charge in [-0.15, -0.1) is 0 Å². The number of carbonyl (C=O) groups excluding carboxylic acids is 1. The molecule has 6 nitrogen and oxygen atoms in total. The second kappa shape index (κ2) is 9.02. The molecular weight excluding hydrogens is 400 g/mol. The molecule has 0 fully saturated rings. The number of rotatable bonds is 8. The summed E-state index contributed by atoms with van der Waals surface area (Å²) >= 11 is 0. The second-order valence-corrected chi connectivity index (χ2v) is 9.19. The Morgan fingerprint density at radius 1 is 1.13 bits per heavy atom. The lowest BCUT2D eigenvalue weighted by molar-refractivity contribution is -0.133. The highest BCUT2D eigenvalue weighted by atomic mass is 32.2. The molecule has 0 aliphatic rings. The summed E-state index contributed by atoms with van der Waals surface area (Å²) in [5, 5.41) is 0.990. The van der Waals surface area contributed by atoms with E-state index >= 15 is 0 Å². The third-order valence-corrected chi connectivity index (χ3v) is 6.85. The van der Waals surface area contributed by atoms with E-state index < -0.39 is 10.0 Å². The van der Waals surface area contributed by atoms with Crippen molar-refractivity contribution in [2.24, 2.45) is 0 Å². The van der Waals surface area contributed by atoms with E-state index in [1.807, 2.05) is 57.2 Å². The summed E-state index contributed by atoms with van der Waals surface area (Å²) in [5.74, 6) is 0.580. The van der Waals surface area contributed by atoms with Crippen LogP contribution in [0, 0.1) is 13.8 Å². The SMILES string of the molecule is CCN(C(=O)CCNS(=O)(=O)c1cc(C)ccc1C)C(C)c1cc2ccccc2o1. The van der Waals surface area contributed by atoms with E-state index in [9.17, 15) is 13.2 Å². The number of fused-ring (bicyclic) bond motifs is 1. The standard InChI is InChI=1S/C23H28N2O4S/c1-5-25(18(4)21-15-19-8-6-7-9-20(19)29-21)23(26)12-13-24-30(27,28)22-14-16(2)10-11-17(22)3/h6-11,14-15,18,24H,5,12-13H2,1-4H3. The van der Waals surface area contributed by atoms with E-state index in [1.54, 1.807) is 24.0 Å². The van der Waals surface area contributed by atoms with Crippen molar-refractivity contribution in [1.82, 2.24) is 9.62 Å². The molecule has 1 unspecified atom stereocenters. The van der Waals surface area contributed by atoms with Gasteiger partial charge in [0.25, 0.3) is 0 Å². The van der Waals surface area contributed by atoms with E-state index in [0.717, 1.165) is 16.5 Å². The Balaban J connectivity index is 1.65. The molecule has 0 bridgehead atoms. The summed E-state index contributed by atoms with van der Waals surface area (Å²) < 4.78 is 33.7. The molecule has 0 saturated carbocycles. The Morgan fingerprint density at radius 3 is 2.57 bits per heavy atom. The second-order valence-electron chi connectivity index (χ2n) is 7.46. The van der Waals surface area contributed by atoms with E-state index in [1.165, 1.54) is 0 Å². The molecule has 160 valence electrons. The van der Waals surface area contributed by atoms with Gasteiger partial charge >= 0.3 is 0 Å². The molecule has 2 aromatic carbocycles. The zero-order chi connectivity index (χ0) is 21.9.